The Labute approximate surface area is 168 Å². The zero-order valence-electron chi connectivity index (χ0n) is 14.9. The SMILES string of the molecule is Cc1ccc(S(=O)(=O)n2c(C#N)c(-c3ccccc3)c3cc(Cl)ccc32)cc1. The third-order valence-corrected chi connectivity index (χ3v) is 6.58. The maximum Gasteiger partial charge on any atom is 0.269 e. The smallest absolute Gasteiger partial charge is 0.223 e. The number of rotatable bonds is 3. The molecule has 1 heterocycles. The summed E-state index contributed by atoms with van der Waals surface area (Å²) in [5.74, 6) is 0. The summed E-state index contributed by atoms with van der Waals surface area (Å²) < 4.78 is 28.0. The summed E-state index contributed by atoms with van der Waals surface area (Å²) >= 11 is 6.19. The van der Waals surface area contributed by atoms with E-state index in [4.69, 9.17) is 11.6 Å². The van der Waals surface area contributed by atoms with Crippen molar-refractivity contribution in [3.05, 3.63) is 89.1 Å². The van der Waals surface area contributed by atoms with Crippen molar-refractivity contribution in [1.29, 1.82) is 5.26 Å². The number of halogens is 1. The molecule has 3 aromatic carbocycles. The normalized spacial score (nSPS) is 11.5. The molecule has 0 N–H and O–H groups in total. The van der Waals surface area contributed by atoms with Gasteiger partial charge in [0.2, 0.25) is 0 Å². The van der Waals surface area contributed by atoms with Crippen LogP contribution in [-0.2, 0) is 10.0 Å². The first-order chi connectivity index (χ1) is 13.4. The van der Waals surface area contributed by atoms with Crippen LogP contribution in [0.5, 0.6) is 0 Å². The van der Waals surface area contributed by atoms with E-state index in [0.717, 1.165) is 15.1 Å². The lowest BCUT2D eigenvalue weighted by Gasteiger charge is -2.09. The molecule has 0 aliphatic carbocycles. The Hall–Kier alpha value is -3.07. The fourth-order valence-corrected chi connectivity index (χ4v) is 4.95. The maximum absolute atomic E-state index is 13.4. The van der Waals surface area contributed by atoms with Crippen molar-refractivity contribution in [3.63, 3.8) is 0 Å². The average Bonchev–Trinajstić information content (AvgIpc) is 3.03. The molecule has 0 aliphatic heterocycles. The Morgan fingerprint density at radius 2 is 1.64 bits per heavy atom. The molecular weight excluding hydrogens is 392 g/mol. The fraction of sp³-hybridized carbons (Fsp3) is 0.0455. The molecule has 0 aliphatic rings. The van der Waals surface area contributed by atoms with E-state index in [0.29, 0.717) is 21.5 Å². The van der Waals surface area contributed by atoms with Gasteiger partial charge in [0, 0.05) is 16.0 Å². The third kappa shape index (κ3) is 2.88. The lowest BCUT2D eigenvalue weighted by atomic mass is 10.0. The van der Waals surface area contributed by atoms with Crippen LogP contribution in [0.25, 0.3) is 22.0 Å². The van der Waals surface area contributed by atoms with E-state index < -0.39 is 10.0 Å². The van der Waals surface area contributed by atoms with Gasteiger partial charge in [0.15, 0.2) is 0 Å². The maximum atomic E-state index is 13.4. The van der Waals surface area contributed by atoms with Gasteiger partial charge in [-0.15, -0.1) is 0 Å². The number of aromatic nitrogens is 1. The first kappa shape index (κ1) is 18.3. The lowest BCUT2D eigenvalue weighted by molar-refractivity contribution is 0.588. The van der Waals surface area contributed by atoms with Crippen molar-refractivity contribution in [2.45, 2.75) is 11.8 Å². The Balaban J connectivity index is 2.13. The zero-order valence-corrected chi connectivity index (χ0v) is 16.5. The van der Waals surface area contributed by atoms with Crippen LogP contribution in [0.15, 0.2) is 77.7 Å². The summed E-state index contributed by atoms with van der Waals surface area (Å²) in [7, 11) is -3.97. The van der Waals surface area contributed by atoms with Gasteiger partial charge in [-0.3, -0.25) is 0 Å². The van der Waals surface area contributed by atoms with E-state index in [1.807, 2.05) is 37.3 Å². The van der Waals surface area contributed by atoms with Gasteiger partial charge in [-0.25, -0.2) is 12.4 Å². The minimum absolute atomic E-state index is 0.0593. The predicted molar refractivity (Wildman–Crippen MR) is 111 cm³/mol. The van der Waals surface area contributed by atoms with Crippen molar-refractivity contribution in [1.82, 2.24) is 3.97 Å². The van der Waals surface area contributed by atoms with Crippen molar-refractivity contribution in [3.8, 4) is 17.2 Å². The topological polar surface area (TPSA) is 62.9 Å². The highest BCUT2D eigenvalue weighted by Gasteiger charge is 2.27. The number of hydrogen-bond acceptors (Lipinski definition) is 3. The Morgan fingerprint density at radius 3 is 2.29 bits per heavy atom. The van der Waals surface area contributed by atoms with Gasteiger partial charge in [-0.1, -0.05) is 59.6 Å². The highest BCUT2D eigenvalue weighted by Crippen LogP contribution is 2.38. The summed E-state index contributed by atoms with van der Waals surface area (Å²) in [6, 6.07) is 22.9. The molecule has 0 saturated carbocycles. The van der Waals surface area contributed by atoms with E-state index in [1.165, 1.54) is 0 Å². The van der Waals surface area contributed by atoms with Gasteiger partial charge in [0.1, 0.15) is 11.8 Å². The number of fused-ring (bicyclic) bond motifs is 1. The summed E-state index contributed by atoms with van der Waals surface area (Å²) in [5.41, 5.74) is 2.73. The van der Waals surface area contributed by atoms with Crippen LogP contribution in [-0.4, -0.2) is 12.4 Å². The summed E-state index contributed by atoms with van der Waals surface area (Å²) in [4.78, 5) is 0.126. The van der Waals surface area contributed by atoms with Gasteiger partial charge < -0.3 is 0 Å². The van der Waals surface area contributed by atoms with Crippen LogP contribution >= 0.6 is 11.6 Å². The molecule has 4 rings (SSSR count). The van der Waals surface area contributed by atoms with E-state index in [2.05, 4.69) is 6.07 Å². The number of hydrogen-bond donors (Lipinski definition) is 0. The molecule has 0 atom stereocenters. The Morgan fingerprint density at radius 1 is 0.964 bits per heavy atom. The van der Waals surface area contributed by atoms with E-state index in [-0.39, 0.29) is 10.6 Å². The van der Waals surface area contributed by atoms with Crippen molar-refractivity contribution < 1.29 is 8.42 Å². The van der Waals surface area contributed by atoms with Crippen LogP contribution in [0.2, 0.25) is 5.02 Å². The van der Waals surface area contributed by atoms with E-state index >= 15 is 0 Å². The quantitative estimate of drug-likeness (QED) is 0.459. The number of nitrogens with zero attached hydrogens (tertiary/aromatic N) is 2. The summed E-state index contributed by atoms with van der Waals surface area (Å²) in [5, 5.41) is 11.0. The second kappa shape index (κ2) is 6.83. The molecule has 4 aromatic rings. The molecule has 0 radical (unpaired) electrons. The second-order valence-corrected chi connectivity index (χ2v) is 8.67. The van der Waals surface area contributed by atoms with E-state index in [9.17, 15) is 13.7 Å². The van der Waals surface area contributed by atoms with Gasteiger partial charge in [-0.2, -0.15) is 5.26 Å². The van der Waals surface area contributed by atoms with Crippen LogP contribution < -0.4 is 0 Å². The van der Waals surface area contributed by atoms with Gasteiger partial charge in [-0.05, 0) is 42.8 Å². The molecule has 28 heavy (non-hydrogen) atoms. The number of aryl methyl sites for hydroxylation is 1. The molecule has 0 unspecified atom stereocenters. The van der Waals surface area contributed by atoms with Gasteiger partial charge in [0.25, 0.3) is 10.0 Å². The first-order valence-corrected chi connectivity index (χ1v) is 10.4. The highest BCUT2D eigenvalue weighted by molar-refractivity contribution is 7.90. The second-order valence-electron chi connectivity index (χ2n) is 6.45. The van der Waals surface area contributed by atoms with Crippen LogP contribution in [0.3, 0.4) is 0 Å². The molecule has 1 aromatic heterocycles. The summed E-state index contributed by atoms with van der Waals surface area (Å²) in [6.07, 6.45) is 0. The first-order valence-electron chi connectivity index (χ1n) is 8.55. The minimum Gasteiger partial charge on any atom is -0.223 e. The van der Waals surface area contributed by atoms with Crippen LogP contribution in [0.4, 0.5) is 0 Å². The fourth-order valence-electron chi connectivity index (χ4n) is 3.30. The van der Waals surface area contributed by atoms with Crippen molar-refractivity contribution >= 4 is 32.5 Å². The minimum atomic E-state index is -3.97. The van der Waals surface area contributed by atoms with Gasteiger partial charge in [0.05, 0.1) is 10.4 Å². The molecule has 138 valence electrons. The number of nitriles is 1. The monoisotopic (exact) mass is 406 g/mol. The molecule has 0 bridgehead atoms. The van der Waals surface area contributed by atoms with Crippen molar-refractivity contribution in [2.24, 2.45) is 0 Å². The third-order valence-electron chi connectivity index (χ3n) is 4.61. The van der Waals surface area contributed by atoms with Gasteiger partial charge >= 0.3 is 0 Å². The standard InChI is InChI=1S/C22H15ClN2O2S/c1-15-7-10-18(11-8-15)28(26,27)25-20-12-9-17(23)13-19(20)22(21(25)14-24)16-5-3-2-4-6-16/h2-13H,1H3. The largest absolute Gasteiger partial charge is 0.269 e. The molecular formula is C22H15ClN2O2S. The van der Waals surface area contributed by atoms with Crippen molar-refractivity contribution in [2.75, 3.05) is 0 Å². The molecule has 4 nitrogen and oxygen atoms in total. The molecule has 0 spiro atoms. The van der Waals surface area contributed by atoms with Crippen LogP contribution in [0.1, 0.15) is 11.3 Å². The Kier molecular flexibility index (Phi) is 4.46. The molecule has 0 saturated heterocycles. The molecule has 6 heteroatoms. The predicted octanol–water partition coefficient (Wildman–Crippen LogP) is 5.38. The highest BCUT2D eigenvalue weighted by atomic mass is 35.5. The Bertz CT molecular complexity index is 1330. The number of benzene rings is 3. The summed E-state index contributed by atoms with van der Waals surface area (Å²) in [6.45, 7) is 1.89. The molecule has 0 fully saturated rings. The van der Waals surface area contributed by atoms with E-state index in [1.54, 1.807) is 42.5 Å². The zero-order chi connectivity index (χ0) is 19.9. The molecule has 0 amide bonds. The van der Waals surface area contributed by atoms with Crippen LogP contribution in [0, 0.1) is 18.3 Å². The lowest BCUT2D eigenvalue weighted by Crippen LogP contribution is -2.14. The average molecular weight is 407 g/mol.